The van der Waals surface area contributed by atoms with Gasteiger partial charge in [0.05, 0.1) is 0 Å². The molecule has 1 aliphatic heterocycles. The van der Waals surface area contributed by atoms with Crippen molar-refractivity contribution < 1.29 is 4.79 Å². The lowest BCUT2D eigenvalue weighted by atomic mass is 10.0. The summed E-state index contributed by atoms with van der Waals surface area (Å²) in [5.41, 5.74) is 1.27. The van der Waals surface area contributed by atoms with Crippen LogP contribution < -0.4 is 5.32 Å². The van der Waals surface area contributed by atoms with E-state index < -0.39 is 0 Å². The van der Waals surface area contributed by atoms with Crippen LogP contribution in [0.3, 0.4) is 0 Å². The fourth-order valence-electron chi connectivity index (χ4n) is 2.93. The fraction of sp³-hybridized carbons (Fsp3) is 0.474. The molecule has 1 N–H and O–H groups in total. The normalized spacial score (nSPS) is 17.8. The Hall–Kier alpha value is -2.32. The number of rotatable bonds is 5. The number of likely N-dealkylation sites (tertiary alicyclic amines) is 1. The third-order valence-corrected chi connectivity index (χ3v) is 4.68. The lowest BCUT2D eigenvalue weighted by molar-refractivity contribution is -0.128. The number of nitrogens with one attached hydrogen (secondary N) is 1. The number of piperidine rings is 1. The van der Waals surface area contributed by atoms with E-state index in [0.717, 1.165) is 31.5 Å². The molecule has 128 valence electrons. The van der Waals surface area contributed by atoms with E-state index in [1.807, 2.05) is 43.3 Å². The maximum Gasteiger partial charge on any atom is 0.265 e. The molecule has 1 saturated heterocycles. The van der Waals surface area contributed by atoms with Gasteiger partial charge in [0.25, 0.3) is 5.91 Å². The largest absolute Gasteiger partial charge is 0.383 e. The van der Waals surface area contributed by atoms with Gasteiger partial charge in [-0.05, 0) is 45.5 Å². The molecule has 1 atom stereocenters. The number of nitrogens with zero attached hydrogens (tertiary/aromatic N) is 3. The van der Waals surface area contributed by atoms with E-state index in [4.69, 9.17) is 0 Å². The first-order valence-corrected chi connectivity index (χ1v) is 8.40. The van der Waals surface area contributed by atoms with Crippen LogP contribution in [0.4, 0.5) is 0 Å². The number of likely N-dealkylation sites (N-methyl/N-ethyl adjacent to an activating group) is 1. The Morgan fingerprint density at radius 3 is 2.58 bits per heavy atom. The van der Waals surface area contributed by atoms with Gasteiger partial charge in [0.15, 0.2) is 0 Å². The lowest BCUT2D eigenvalue weighted by Crippen LogP contribution is -2.45. The maximum atomic E-state index is 12.6. The summed E-state index contributed by atoms with van der Waals surface area (Å²) in [5, 5.41) is 12.5. The summed E-state index contributed by atoms with van der Waals surface area (Å²) in [6.07, 6.45) is 3.45. The molecule has 0 saturated carbocycles. The quantitative estimate of drug-likeness (QED) is 0.666. The second-order valence-electron chi connectivity index (χ2n) is 6.42. The summed E-state index contributed by atoms with van der Waals surface area (Å²) in [5.74, 6) is -0.209. The topological polar surface area (TPSA) is 59.4 Å². The van der Waals surface area contributed by atoms with E-state index >= 15 is 0 Å². The molecule has 1 amide bonds. The van der Waals surface area contributed by atoms with Gasteiger partial charge in [0.1, 0.15) is 11.6 Å². The monoisotopic (exact) mass is 326 g/mol. The molecule has 0 aliphatic carbocycles. The van der Waals surface area contributed by atoms with Crippen molar-refractivity contribution in [1.82, 2.24) is 15.1 Å². The zero-order valence-corrected chi connectivity index (χ0v) is 14.7. The van der Waals surface area contributed by atoms with E-state index in [1.54, 1.807) is 18.1 Å². The van der Waals surface area contributed by atoms with Crippen LogP contribution in [-0.2, 0) is 4.79 Å². The molecule has 5 heteroatoms. The standard InChI is InChI=1S/C19H26N4O/c1-15(16-7-5-4-6-8-16)21-14-17(13-20)19(24)23(3)18-9-11-22(2)12-10-18/h4-8,14-15,18,21H,9-12H2,1-3H3/b17-14-. The molecular weight excluding hydrogens is 300 g/mol. The summed E-state index contributed by atoms with van der Waals surface area (Å²) in [4.78, 5) is 16.6. The van der Waals surface area contributed by atoms with Crippen LogP contribution in [0, 0.1) is 11.3 Å². The first-order chi connectivity index (χ1) is 11.5. The van der Waals surface area contributed by atoms with Crippen LogP contribution >= 0.6 is 0 Å². The minimum Gasteiger partial charge on any atom is -0.383 e. The number of benzene rings is 1. The highest BCUT2D eigenvalue weighted by molar-refractivity contribution is 5.97. The Bertz CT molecular complexity index is 612. The zero-order valence-electron chi connectivity index (χ0n) is 14.7. The number of amides is 1. The molecule has 1 fully saturated rings. The second kappa shape index (κ2) is 8.51. The Kier molecular flexibility index (Phi) is 6.39. The highest BCUT2D eigenvalue weighted by Crippen LogP contribution is 2.16. The van der Waals surface area contributed by atoms with Gasteiger partial charge >= 0.3 is 0 Å². The van der Waals surface area contributed by atoms with Crippen LogP contribution in [0.25, 0.3) is 0 Å². The molecule has 1 aromatic carbocycles. The molecular formula is C19H26N4O. The van der Waals surface area contributed by atoms with Crippen molar-refractivity contribution in [2.24, 2.45) is 0 Å². The van der Waals surface area contributed by atoms with Gasteiger partial charge in [-0.2, -0.15) is 5.26 Å². The molecule has 0 spiro atoms. The van der Waals surface area contributed by atoms with E-state index in [0.29, 0.717) is 0 Å². The third kappa shape index (κ3) is 4.59. The Balaban J connectivity index is 1.99. The molecule has 5 nitrogen and oxygen atoms in total. The summed E-state index contributed by atoms with van der Waals surface area (Å²) >= 11 is 0. The summed E-state index contributed by atoms with van der Waals surface area (Å²) < 4.78 is 0. The summed E-state index contributed by atoms with van der Waals surface area (Å²) in [6.45, 7) is 3.97. The van der Waals surface area contributed by atoms with Crippen LogP contribution in [0.2, 0.25) is 0 Å². The van der Waals surface area contributed by atoms with Crippen molar-refractivity contribution in [3.8, 4) is 6.07 Å². The molecule has 2 rings (SSSR count). The van der Waals surface area contributed by atoms with Crippen molar-refractivity contribution in [3.63, 3.8) is 0 Å². The lowest BCUT2D eigenvalue weighted by Gasteiger charge is -2.35. The van der Waals surface area contributed by atoms with Gasteiger partial charge in [0.2, 0.25) is 0 Å². The average Bonchev–Trinajstić information content (AvgIpc) is 2.62. The van der Waals surface area contributed by atoms with Crippen LogP contribution in [0.5, 0.6) is 0 Å². The van der Waals surface area contributed by atoms with Gasteiger partial charge in [-0.15, -0.1) is 0 Å². The van der Waals surface area contributed by atoms with Crippen LogP contribution in [0.1, 0.15) is 31.4 Å². The van der Waals surface area contributed by atoms with Gasteiger partial charge < -0.3 is 15.1 Å². The average molecular weight is 326 g/mol. The van der Waals surface area contributed by atoms with Crippen LogP contribution in [0.15, 0.2) is 42.1 Å². The molecule has 1 aromatic rings. The second-order valence-corrected chi connectivity index (χ2v) is 6.42. The number of hydrogen-bond donors (Lipinski definition) is 1. The van der Waals surface area contributed by atoms with Gasteiger partial charge in [-0.25, -0.2) is 0 Å². The number of carbonyl (C=O) groups is 1. The molecule has 0 radical (unpaired) electrons. The summed E-state index contributed by atoms with van der Waals surface area (Å²) in [7, 11) is 3.89. The predicted octanol–water partition coefficient (Wildman–Crippen LogP) is 2.30. The number of nitriles is 1. The SMILES string of the molecule is CC(N/C=C(/C#N)C(=O)N(C)C1CCN(C)CC1)c1ccccc1. The molecule has 0 bridgehead atoms. The van der Waals surface area contributed by atoms with Crippen molar-refractivity contribution in [1.29, 1.82) is 5.26 Å². The first kappa shape index (κ1) is 18.0. The van der Waals surface area contributed by atoms with E-state index in [1.165, 1.54) is 0 Å². The minimum absolute atomic E-state index is 0.0380. The summed E-state index contributed by atoms with van der Waals surface area (Å²) in [6, 6.07) is 12.2. The van der Waals surface area contributed by atoms with Gasteiger partial charge in [-0.1, -0.05) is 30.3 Å². The first-order valence-electron chi connectivity index (χ1n) is 8.40. The van der Waals surface area contributed by atoms with Gasteiger partial charge in [0, 0.05) is 25.3 Å². The number of carbonyl (C=O) groups excluding carboxylic acids is 1. The van der Waals surface area contributed by atoms with E-state index in [2.05, 4.69) is 17.3 Å². The predicted molar refractivity (Wildman–Crippen MR) is 95.0 cm³/mol. The highest BCUT2D eigenvalue weighted by atomic mass is 16.2. The van der Waals surface area contributed by atoms with Gasteiger partial charge in [-0.3, -0.25) is 4.79 Å². The third-order valence-electron chi connectivity index (χ3n) is 4.68. The minimum atomic E-state index is -0.209. The van der Waals surface area contributed by atoms with Crippen molar-refractivity contribution in [2.45, 2.75) is 31.8 Å². The van der Waals surface area contributed by atoms with Crippen molar-refractivity contribution in [3.05, 3.63) is 47.7 Å². The molecule has 1 aliphatic rings. The maximum absolute atomic E-state index is 12.6. The van der Waals surface area contributed by atoms with E-state index in [-0.39, 0.29) is 23.6 Å². The highest BCUT2D eigenvalue weighted by Gasteiger charge is 2.25. The fourth-order valence-corrected chi connectivity index (χ4v) is 2.93. The Labute approximate surface area is 144 Å². The Morgan fingerprint density at radius 2 is 2.00 bits per heavy atom. The smallest absolute Gasteiger partial charge is 0.265 e. The van der Waals surface area contributed by atoms with Crippen molar-refractivity contribution >= 4 is 5.91 Å². The molecule has 1 unspecified atom stereocenters. The van der Waals surface area contributed by atoms with E-state index in [9.17, 15) is 10.1 Å². The molecule has 0 aromatic heterocycles. The molecule has 1 heterocycles. The number of hydrogen-bond acceptors (Lipinski definition) is 4. The Morgan fingerprint density at radius 1 is 1.38 bits per heavy atom. The van der Waals surface area contributed by atoms with Crippen molar-refractivity contribution in [2.75, 3.05) is 27.2 Å². The van der Waals surface area contributed by atoms with Crippen LogP contribution in [-0.4, -0.2) is 48.9 Å². The zero-order chi connectivity index (χ0) is 17.5. The molecule has 24 heavy (non-hydrogen) atoms.